The maximum absolute atomic E-state index is 11.5. The second-order valence-electron chi connectivity index (χ2n) is 5.28. The van der Waals surface area contributed by atoms with Crippen LogP contribution in [0.4, 0.5) is 4.79 Å². The first-order valence-corrected chi connectivity index (χ1v) is 6.67. The SMILES string of the molecule is Cc1ncsc1CCNC(=O)NCC(C)(C)C. The lowest BCUT2D eigenvalue weighted by Crippen LogP contribution is -2.40. The number of hydrogen-bond acceptors (Lipinski definition) is 3. The van der Waals surface area contributed by atoms with Crippen LogP contribution in [-0.2, 0) is 6.42 Å². The Labute approximate surface area is 107 Å². The Bertz CT molecular complexity index is 368. The van der Waals surface area contributed by atoms with E-state index >= 15 is 0 Å². The molecule has 0 bridgehead atoms. The second kappa shape index (κ2) is 6.00. The molecule has 0 fully saturated rings. The van der Waals surface area contributed by atoms with Crippen LogP contribution >= 0.6 is 11.3 Å². The van der Waals surface area contributed by atoms with E-state index in [4.69, 9.17) is 0 Å². The molecule has 0 saturated carbocycles. The van der Waals surface area contributed by atoms with Crippen molar-refractivity contribution in [1.29, 1.82) is 0 Å². The molecule has 0 saturated heterocycles. The van der Waals surface area contributed by atoms with Crippen molar-refractivity contribution in [2.75, 3.05) is 13.1 Å². The fraction of sp³-hybridized carbons (Fsp3) is 0.667. The van der Waals surface area contributed by atoms with Gasteiger partial charge in [0.1, 0.15) is 0 Å². The largest absolute Gasteiger partial charge is 0.338 e. The highest BCUT2D eigenvalue weighted by Gasteiger charge is 2.11. The minimum Gasteiger partial charge on any atom is -0.338 e. The quantitative estimate of drug-likeness (QED) is 0.867. The molecule has 0 unspecified atom stereocenters. The van der Waals surface area contributed by atoms with E-state index in [-0.39, 0.29) is 11.4 Å². The summed E-state index contributed by atoms with van der Waals surface area (Å²) in [5.74, 6) is 0. The highest BCUT2D eigenvalue weighted by atomic mass is 32.1. The van der Waals surface area contributed by atoms with E-state index in [0.29, 0.717) is 13.1 Å². The van der Waals surface area contributed by atoms with E-state index in [2.05, 4.69) is 36.4 Å². The number of nitrogens with one attached hydrogen (secondary N) is 2. The second-order valence-corrected chi connectivity index (χ2v) is 6.22. The zero-order valence-electron chi connectivity index (χ0n) is 11.0. The van der Waals surface area contributed by atoms with Gasteiger partial charge in [-0.25, -0.2) is 9.78 Å². The van der Waals surface area contributed by atoms with E-state index in [1.807, 2.05) is 12.4 Å². The number of nitrogens with zero attached hydrogens (tertiary/aromatic N) is 1. The van der Waals surface area contributed by atoms with E-state index in [1.165, 1.54) is 4.88 Å². The van der Waals surface area contributed by atoms with Crippen LogP contribution in [-0.4, -0.2) is 24.1 Å². The van der Waals surface area contributed by atoms with Crippen molar-refractivity contribution >= 4 is 17.4 Å². The monoisotopic (exact) mass is 255 g/mol. The zero-order valence-corrected chi connectivity index (χ0v) is 11.8. The highest BCUT2D eigenvalue weighted by Crippen LogP contribution is 2.12. The lowest BCUT2D eigenvalue weighted by atomic mass is 9.97. The smallest absolute Gasteiger partial charge is 0.314 e. The van der Waals surface area contributed by atoms with Crippen molar-refractivity contribution in [3.05, 3.63) is 16.1 Å². The molecule has 17 heavy (non-hydrogen) atoms. The van der Waals surface area contributed by atoms with Crippen molar-refractivity contribution in [2.24, 2.45) is 5.41 Å². The standard InChI is InChI=1S/C12H21N3OS/c1-9-10(17-8-15-9)5-6-13-11(16)14-7-12(2,3)4/h8H,5-7H2,1-4H3,(H2,13,14,16). The molecule has 1 heterocycles. The summed E-state index contributed by atoms with van der Waals surface area (Å²) in [6.45, 7) is 9.60. The van der Waals surface area contributed by atoms with Crippen LogP contribution in [0, 0.1) is 12.3 Å². The molecule has 0 atom stereocenters. The Morgan fingerprint density at radius 3 is 2.65 bits per heavy atom. The lowest BCUT2D eigenvalue weighted by molar-refractivity contribution is 0.235. The molecule has 2 N–H and O–H groups in total. The van der Waals surface area contributed by atoms with Gasteiger partial charge in [0.05, 0.1) is 11.2 Å². The topological polar surface area (TPSA) is 54.0 Å². The summed E-state index contributed by atoms with van der Waals surface area (Å²) in [6.07, 6.45) is 0.847. The summed E-state index contributed by atoms with van der Waals surface area (Å²) in [6, 6.07) is -0.0953. The van der Waals surface area contributed by atoms with Gasteiger partial charge in [-0.2, -0.15) is 0 Å². The molecular weight excluding hydrogens is 234 g/mol. The van der Waals surface area contributed by atoms with Crippen LogP contribution in [0.2, 0.25) is 0 Å². The maximum atomic E-state index is 11.5. The molecule has 96 valence electrons. The van der Waals surface area contributed by atoms with Crippen LogP contribution < -0.4 is 10.6 Å². The summed E-state index contributed by atoms with van der Waals surface area (Å²) in [5, 5.41) is 5.70. The Hall–Kier alpha value is -1.10. The molecule has 1 aromatic rings. The number of aromatic nitrogens is 1. The summed E-state index contributed by atoms with van der Waals surface area (Å²) in [5.41, 5.74) is 3.02. The van der Waals surface area contributed by atoms with Crippen molar-refractivity contribution in [2.45, 2.75) is 34.1 Å². The van der Waals surface area contributed by atoms with Crippen LogP contribution in [0.15, 0.2) is 5.51 Å². The van der Waals surface area contributed by atoms with Crippen molar-refractivity contribution in [3.63, 3.8) is 0 Å². The van der Waals surface area contributed by atoms with Gasteiger partial charge in [0.2, 0.25) is 0 Å². The van der Waals surface area contributed by atoms with Crippen molar-refractivity contribution in [1.82, 2.24) is 15.6 Å². The third kappa shape index (κ3) is 5.68. The third-order valence-corrected chi connectivity index (χ3v) is 3.26. The number of thiazole rings is 1. The first-order chi connectivity index (χ1) is 7.88. The third-order valence-electron chi connectivity index (χ3n) is 2.26. The first kappa shape index (κ1) is 14.0. The van der Waals surface area contributed by atoms with Gasteiger partial charge in [0.15, 0.2) is 0 Å². The summed E-state index contributed by atoms with van der Waals surface area (Å²) >= 11 is 1.64. The predicted octanol–water partition coefficient (Wildman–Crippen LogP) is 2.34. The van der Waals surface area contributed by atoms with Gasteiger partial charge in [-0.15, -0.1) is 11.3 Å². The molecule has 0 aliphatic rings. The van der Waals surface area contributed by atoms with E-state index in [1.54, 1.807) is 11.3 Å². The molecule has 5 heteroatoms. The van der Waals surface area contributed by atoms with Crippen molar-refractivity contribution < 1.29 is 4.79 Å². The van der Waals surface area contributed by atoms with E-state index in [9.17, 15) is 4.79 Å². The van der Waals surface area contributed by atoms with Crippen LogP contribution in [0.5, 0.6) is 0 Å². The van der Waals surface area contributed by atoms with Gasteiger partial charge < -0.3 is 10.6 Å². The molecule has 0 radical (unpaired) electrons. The number of amides is 2. The number of hydrogen-bond donors (Lipinski definition) is 2. The minimum atomic E-state index is -0.0953. The molecule has 0 aromatic carbocycles. The zero-order chi connectivity index (χ0) is 12.9. The van der Waals surface area contributed by atoms with E-state index in [0.717, 1.165) is 12.1 Å². The fourth-order valence-electron chi connectivity index (χ4n) is 1.26. The molecule has 1 rings (SSSR count). The van der Waals surface area contributed by atoms with Crippen LogP contribution in [0.1, 0.15) is 31.3 Å². The van der Waals surface area contributed by atoms with Gasteiger partial charge in [-0.1, -0.05) is 20.8 Å². The predicted molar refractivity (Wildman–Crippen MR) is 71.4 cm³/mol. The number of urea groups is 1. The number of aryl methyl sites for hydroxylation is 1. The first-order valence-electron chi connectivity index (χ1n) is 5.79. The molecule has 4 nitrogen and oxygen atoms in total. The molecule has 1 aromatic heterocycles. The maximum Gasteiger partial charge on any atom is 0.314 e. The molecule has 0 aliphatic heterocycles. The summed E-state index contributed by atoms with van der Waals surface area (Å²) < 4.78 is 0. The average molecular weight is 255 g/mol. The van der Waals surface area contributed by atoms with Gasteiger partial charge in [0, 0.05) is 24.4 Å². The average Bonchev–Trinajstić information content (AvgIpc) is 2.61. The van der Waals surface area contributed by atoms with E-state index < -0.39 is 0 Å². The fourth-order valence-corrected chi connectivity index (χ4v) is 2.04. The number of rotatable bonds is 4. The van der Waals surface area contributed by atoms with Crippen LogP contribution in [0.25, 0.3) is 0 Å². The van der Waals surface area contributed by atoms with Gasteiger partial charge >= 0.3 is 6.03 Å². The Morgan fingerprint density at radius 1 is 1.41 bits per heavy atom. The normalized spacial score (nSPS) is 11.3. The molecule has 0 aliphatic carbocycles. The minimum absolute atomic E-state index is 0.0953. The lowest BCUT2D eigenvalue weighted by Gasteiger charge is -2.18. The Kier molecular flexibility index (Phi) is 4.93. The highest BCUT2D eigenvalue weighted by molar-refractivity contribution is 7.09. The molecular formula is C12H21N3OS. The number of carbonyl (C=O) groups excluding carboxylic acids is 1. The molecule has 0 spiro atoms. The Balaban J connectivity index is 2.19. The summed E-state index contributed by atoms with van der Waals surface area (Å²) in [7, 11) is 0. The number of carbonyl (C=O) groups is 1. The van der Waals surface area contributed by atoms with Gasteiger partial charge in [-0.05, 0) is 12.3 Å². The van der Waals surface area contributed by atoms with Crippen LogP contribution in [0.3, 0.4) is 0 Å². The van der Waals surface area contributed by atoms with Crippen molar-refractivity contribution in [3.8, 4) is 0 Å². The van der Waals surface area contributed by atoms with Gasteiger partial charge in [0.25, 0.3) is 0 Å². The Morgan fingerprint density at radius 2 is 2.12 bits per heavy atom. The van der Waals surface area contributed by atoms with Gasteiger partial charge in [-0.3, -0.25) is 0 Å². The summed E-state index contributed by atoms with van der Waals surface area (Å²) in [4.78, 5) is 16.9. The molecule has 2 amide bonds.